The molecule has 0 bridgehead atoms. The van der Waals surface area contributed by atoms with Gasteiger partial charge in [0.2, 0.25) is 0 Å². The number of carbonyl (C=O) groups excluding carboxylic acids is 1. The lowest BCUT2D eigenvalue weighted by atomic mass is 10.1. The fraction of sp³-hybridized carbons (Fsp3) is 0.133. The lowest BCUT2D eigenvalue weighted by molar-refractivity contribution is 0.0701. The maximum atomic E-state index is 12.3. The third kappa shape index (κ3) is 2.35. The van der Waals surface area contributed by atoms with E-state index in [0.29, 0.717) is 11.3 Å². The summed E-state index contributed by atoms with van der Waals surface area (Å²) in [5.41, 5.74) is 1.74. The first-order valence-electron chi connectivity index (χ1n) is 6.47. The van der Waals surface area contributed by atoms with E-state index in [1.807, 2.05) is 18.2 Å². The Balaban J connectivity index is 1.92. The third-order valence-electron chi connectivity index (χ3n) is 3.26. The van der Waals surface area contributed by atoms with Crippen LogP contribution in [0.2, 0.25) is 0 Å². The van der Waals surface area contributed by atoms with Gasteiger partial charge in [0, 0.05) is 10.9 Å². The van der Waals surface area contributed by atoms with Crippen LogP contribution in [0.3, 0.4) is 0 Å². The first kappa shape index (κ1) is 14.3. The number of furan rings is 1. The summed E-state index contributed by atoms with van der Waals surface area (Å²) in [5.74, 6) is -1.30. The van der Waals surface area contributed by atoms with Crippen LogP contribution in [0.25, 0.3) is 11.0 Å². The smallest absolute Gasteiger partial charge is 0.347 e. The van der Waals surface area contributed by atoms with Crippen LogP contribution in [0.5, 0.6) is 0 Å². The fourth-order valence-corrected chi connectivity index (χ4v) is 2.99. The highest BCUT2D eigenvalue weighted by atomic mass is 32.1. The number of hydrogen-bond donors (Lipinski definition) is 2. The van der Waals surface area contributed by atoms with Gasteiger partial charge in [-0.25, -0.2) is 9.78 Å². The highest BCUT2D eigenvalue weighted by Crippen LogP contribution is 2.27. The lowest BCUT2D eigenvalue weighted by Crippen LogP contribution is -2.11. The molecule has 0 aliphatic rings. The number of nitrogens with one attached hydrogen (secondary N) is 1. The van der Waals surface area contributed by atoms with Gasteiger partial charge in [-0.05, 0) is 19.9 Å². The maximum absolute atomic E-state index is 12.3. The predicted molar refractivity (Wildman–Crippen MR) is 82.7 cm³/mol. The van der Waals surface area contributed by atoms with Crippen molar-refractivity contribution < 1.29 is 19.1 Å². The second-order valence-corrected chi connectivity index (χ2v) is 5.74. The van der Waals surface area contributed by atoms with E-state index in [-0.39, 0.29) is 15.8 Å². The van der Waals surface area contributed by atoms with Gasteiger partial charge in [-0.3, -0.25) is 10.1 Å². The monoisotopic (exact) mass is 316 g/mol. The molecule has 3 aromatic rings. The van der Waals surface area contributed by atoms with Crippen LogP contribution in [-0.4, -0.2) is 22.0 Å². The Morgan fingerprint density at radius 3 is 2.64 bits per heavy atom. The topological polar surface area (TPSA) is 92.4 Å². The number of carboxylic acids is 1. The summed E-state index contributed by atoms with van der Waals surface area (Å²) >= 11 is 0.919. The number of rotatable bonds is 3. The second-order valence-electron chi connectivity index (χ2n) is 4.75. The fourth-order valence-electron chi connectivity index (χ4n) is 2.19. The van der Waals surface area contributed by atoms with Crippen molar-refractivity contribution in [2.75, 3.05) is 5.32 Å². The standard InChI is InChI=1S/C15H12N2O4S/c1-7-9-5-3-4-6-10(9)21-11(7)13(18)17-15-16-8(2)12(22-15)14(19)20/h3-6H,1-2H3,(H,19,20)(H,16,17,18). The number of hydrogen-bond acceptors (Lipinski definition) is 5. The number of anilines is 1. The summed E-state index contributed by atoms with van der Waals surface area (Å²) in [6, 6.07) is 7.36. The highest BCUT2D eigenvalue weighted by Gasteiger charge is 2.20. The quantitative estimate of drug-likeness (QED) is 0.772. The zero-order chi connectivity index (χ0) is 15.9. The molecule has 0 saturated heterocycles. The SMILES string of the molecule is Cc1nc(NC(=O)c2oc3ccccc3c2C)sc1C(=O)O. The van der Waals surface area contributed by atoms with E-state index in [0.717, 1.165) is 22.3 Å². The van der Waals surface area contributed by atoms with Gasteiger partial charge in [-0.15, -0.1) is 0 Å². The highest BCUT2D eigenvalue weighted by molar-refractivity contribution is 7.17. The summed E-state index contributed by atoms with van der Waals surface area (Å²) < 4.78 is 5.57. The van der Waals surface area contributed by atoms with Crippen LogP contribution in [0.4, 0.5) is 5.13 Å². The number of aromatic nitrogens is 1. The molecule has 0 spiro atoms. The van der Waals surface area contributed by atoms with Gasteiger partial charge in [-0.2, -0.15) is 0 Å². The van der Waals surface area contributed by atoms with Crippen LogP contribution < -0.4 is 5.32 Å². The average molecular weight is 316 g/mol. The largest absolute Gasteiger partial charge is 0.477 e. The minimum Gasteiger partial charge on any atom is -0.477 e. The number of benzene rings is 1. The Morgan fingerprint density at radius 2 is 2.00 bits per heavy atom. The van der Waals surface area contributed by atoms with Crippen molar-refractivity contribution in [3.05, 3.63) is 46.2 Å². The molecule has 2 aromatic heterocycles. The van der Waals surface area contributed by atoms with E-state index >= 15 is 0 Å². The number of amides is 1. The Bertz CT molecular complexity index is 894. The molecule has 0 aliphatic heterocycles. The van der Waals surface area contributed by atoms with Crippen LogP contribution in [-0.2, 0) is 0 Å². The van der Waals surface area contributed by atoms with Gasteiger partial charge in [0.1, 0.15) is 10.5 Å². The number of aromatic carboxylic acids is 1. The van der Waals surface area contributed by atoms with E-state index in [1.54, 1.807) is 19.9 Å². The maximum Gasteiger partial charge on any atom is 0.347 e. The van der Waals surface area contributed by atoms with Gasteiger partial charge < -0.3 is 9.52 Å². The number of fused-ring (bicyclic) bond motifs is 1. The van der Waals surface area contributed by atoms with E-state index in [4.69, 9.17) is 9.52 Å². The van der Waals surface area contributed by atoms with Crippen molar-refractivity contribution in [1.29, 1.82) is 0 Å². The Hall–Kier alpha value is -2.67. The van der Waals surface area contributed by atoms with Crippen LogP contribution in [0.1, 0.15) is 31.5 Å². The van der Waals surface area contributed by atoms with E-state index in [9.17, 15) is 9.59 Å². The summed E-state index contributed by atoms with van der Waals surface area (Å²) in [7, 11) is 0. The summed E-state index contributed by atoms with van der Waals surface area (Å²) in [4.78, 5) is 27.5. The van der Waals surface area contributed by atoms with Crippen molar-refractivity contribution in [3.8, 4) is 0 Å². The Morgan fingerprint density at radius 1 is 1.27 bits per heavy atom. The lowest BCUT2D eigenvalue weighted by Gasteiger charge is -1.98. The summed E-state index contributed by atoms with van der Waals surface area (Å²) in [5, 5.41) is 12.7. The van der Waals surface area contributed by atoms with E-state index in [2.05, 4.69) is 10.3 Å². The minimum atomic E-state index is -1.06. The van der Waals surface area contributed by atoms with Gasteiger partial charge >= 0.3 is 5.97 Å². The van der Waals surface area contributed by atoms with Crippen molar-refractivity contribution in [2.24, 2.45) is 0 Å². The molecule has 0 radical (unpaired) electrons. The number of para-hydroxylation sites is 1. The molecule has 0 aliphatic carbocycles. The number of thiazole rings is 1. The molecule has 2 N–H and O–H groups in total. The van der Waals surface area contributed by atoms with Crippen LogP contribution in [0.15, 0.2) is 28.7 Å². The number of carboxylic acid groups (broad SMARTS) is 1. The summed E-state index contributed by atoms with van der Waals surface area (Å²) in [6.45, 7) is 3.39. The molecule has 112 valence electrons. The summed E-state index contributed by atoms with van der Waals surface area (Å²) in [6.07, 6.45) is 0. The second kappa shape index (κ2) is 5.27. The van der Waals surface area contributed by atoms with Crippen molar-refractivity contribution in [3.63, 3.8) is 0 Å². The zero-order valence-corrected chi connectivity index (χ0v) is 12.7. The van der Waals surface area contributed by atoms with E-state index in [1.165, 1.54) is 0 Å². The molecule has 1 amide bonds. The first-order valence-corrected chi connectivity index (χ1v) is 7.29. The molecule has 22 heavy (non-hydrogen) atoms. The predicted octanol–water partition coefficient (Wildman–Crippen LogP) is 3.46. The molecule has 1 aromatic carbocycles. The molecule has 0 saturated carbocycles. The normalized spacial score (nSPS) is 10.8. The average Bonchev–Trinajstić information content (AvgIpc) is 3.00. The number of nitrogens with zero attached hydrogens (tertiary/aromatic N) is 1. The minimum absolute atomic E-state index is 0.108. The molecular formula is C15H12N2O4S. The molecular weight excluding hydrogens is 304 g/mol. The van der Waals surface area contributed by atoms with Gasteiger partial charge in [0.05, 0.1) is 5.69 Å². The van der Waals surface area contributed by atoms with Gasteiger partial charge in [0.15, 0.2) is 10.9 Å². The molecule has 0 unspecified atom stereocenters. The third-order valence-corrected chi connectivity index (χ3v) is 4.32. The Kier molecular flexibility index (Phi) is 3.42. The first-order chi connectivity index (χ1) is 10.5. The number of carbonyl (C=O) groups is 2. The molecule has 7 heteroatoms. The molecule has 0 fully saturated rings. The molecule has 0 atom stereocenters. The molecule has 2 heterocycles. The Labute approximate surface area is 129 Å². The van der Waals surface area contributed by atoms with E-state index < -0.39 is 11.9 Å². The van der Waals surface area contributed by atoms with Crippen molar-refractivity contribution >= 4 is 39.3 Å². The van der Waals surface area contributed by atoms with Crippen LogP contribution >= 0.6 is 11.3 Å². The molecule has 3 rings (SSSR count). The van der Waals surface area contributed by atoms with Gasteiger partial charge in [0.25, 0.3) is 5.91 Å². The number of aryl methyl sites for hydroxylation is 2. The molecule has 6 nitrogen and oxygen atoms in total. The van der Waals surface area contributed by atoms with Gasteiger partial charge in [-0.1, -0.05) is 29.5 Å². The van der Waals surface area contributed by atoms with Crippen molar-refractivity contribution in [1.82, 2.24) is 4.98 Å². The van der Waals surface area contributed by atoms with Crippen molar-refractivity contribution in [2.45, 2.75) is 13.8 Å². The van der Waals surface area contributed by atoms with Crippen LogP contribution in [0, 0.1) is 13.8 Å². The zero-order valence-electron chi connectivity index (χ0n) is 11.8.